The number of hydrogen-bond acceptors (Lipinski definition) is 3. The number of rotatable bonds is 5. The Morgan fingerprint density at radius 2 is 1.76 bits per heavy atom. The van der Waals surface area contributed by atoms with Crippen LogP contribution in [0.15, 0.2) is 12.2 Å². The van der Waals surface area contributed by atoms with E-state index >= 15 is 0 Å². The minimum atomic E-state index is -5.12. The number of carboxylic acids is 1. The van der Waals surface area contributed by atoms with Gasteiger partial charge in [0.15, 0.2) is 0 Å². The standard InChI is InChI=1S/C20H25F3N2O4/c1-19(2,11-5-6-11)15(24-18(29)20(21,22)23)16(26)25-8-12-9-3-4-10(7-9)13(12)14(25)17(27)28/h3-4,9-15H,5-8H2,1-2H3,(H,24,29)(H,27,28)/t9-,10+,12-,13+,14+,15-/m1/s1. The van der Waals surface area contributed by atoms with Crippen molar-refractivity contribution in [1.29, 1.82) is 0 Å². The molecule has 0 aromatic carbocycles. The summed E-state index contributed by atoms with van der Waals surface area (Å²) < 4.78 is 38.8. The van der Waals surface area contributed by atoms with Gasteiger partial charge < -0.3 is 15.3 Å². The van der Waals surface area contributed by atoms with Gasteiger partial charge in [0.2, 0.25) is 5.91 Å². The number of amides is 2. The molecule has 4 aliphatic rings. The van der Waals surface area contributed by atoms with Crippen LogP contribution in [0.5, 0.6) is 0 Å². The van der Waals surface area contributed by atoms with Crippen molar-refractivity contribution in [2.45, 2.75) is 51.4 Å². The molecule has 0 aromatic heterocycles. The number of allylic oxidation sites excluding steroid dienone is 2. The van der Waals surface area contributed by atoms with E-state index in [1.165, 1.54) is 4.90 Å². The fourth-order valence-corrected chi connectivity index (χ4v) is 5.77. The third-order valence-corrected chi connectivity index (χ3v) is 7.49. The maximum Gasteiger partial charge on any atom is 0.471 e. The Kier molecular flexibility index (Phi) is 4.51. The first-order chi connectivity index (χ1) is 13.4. The van der Waals surface area contributed by atoms with E-state index in [0.29, 0.717) is 0 Å². The van der Waals surface area contributed by atoms with Crippen molar-refractivity contribution in [2.24, 2.45) is 35.0 Å². The molecular formula is C20H25F3N2O4. The quantitative estimate of drug-likeness (QED) is 0.676. The zero-order valence-corrected chi connectivity index (χ0v) is 16.3. The predicted molar refractivity (Wildman–Crippen MR) is 95.3 cm³/mol. The molecule has 0 aromatic rings. The lowest BCUT2D eigenvalue weighted by atomic mass is 9.78. The topological polar surface area (TPSA) is 86.7 Å². The van der Waals surface area contributed by atoms with Crippen LogP contribution in [0.25, 0.3) is 0 Å². The van der Waals surface area contributed by atoms with Gasteiger partial charge in [-0.15, -0.1) is 0 Å². The zero-order chi connectivity index (χ0) is 21.3. The fraction of sp³-hybridized carbons (Fsp3) is 0.750. The number of likely N-dealkylation sites (tertiary alicyclic amines) is 1. The SMILES string of the molecule is CC(C)(C1CC1)[C@H](NC(=O)C(F)(F)F)C(=O)N1C[C@H]2[C@@H]([C@H]1C(=O)O)[C@H]1C=C[C@@H]2C1. The number of fused-ring (bicyclic) bond motifs is 5. The molecule has 160 valence electrons. The summed E-state index contributed by atoms with van der Waals surface area (Å²) in [6.07, 6.45) is 1.32. The molecule has 3 aliphatic carbocycles. The molecule has 1 aliphatic heterocycles. The number of aliphatic carboxylic acids is 1. The second-order valence-electron chi connectivity index (χ2n) is 9.46. The fourth-order valence-electron chi connectivity index (χ4n) is 5.77. The molecule has 2 bridgehead atoms. The molecule has 2 amide bonds. The lowest BCUT2D eigenvalue weighted by Crippen LogP contribution is -2.60. The predicted octanol–water partition coefficient (Wildman–Crippen LogP) is 2.20. The summed E-state index contributed by atoms with van der Waals surface area (Å²) in [4.78, 5) is 38.4. The van der Waals surface area contributed by atoms with Crippen LogP contribution in [0.4, 0.5) is 13.2 Å². The third kappa shape index (κ3) is 3.22. The largest absolute Gasteiger partial charge is 0.480 e. The number of alkyl halides is 3. The van der Waals surface area contributed by atoms with Gasteiger partial charge in [0.05, 0.1) is 0 Å². The number of nitrogens with zero attached hydrogens (tertiary/aromatic N) is 1. The van der Waals surface area contributed by atoms with Crippen molar-refractivity contribution in [1.82, 2.24) is 10.2 Å². The zero-order valence-electron chi connectivity index (χ0n) is 16.3. The number of carbonyl (C=O) groups excluding carboxylic acids is 2. The summed E-state index contributed by atoms with van der Waals surface area (Å²) in [5.74, 6) is -3.98. The highest BCUT2D eigenvalue weighted by Crippen LogP contribution is 2.55. The minimum absolute atomic E-state index is 0.00180. The number of hydrogen-bond donors (Lipinski definition) is 2. The number of halogens is 3. The first kappa shape index (κ1) is 20.2. The lowest BCUT2D eigenvalue weighted by Gasteiger charge is -2.38. The van der Waals surface area contributed by atoms with Gasteiger partial charge in [0.25, 0.3) is 0 Å². The molecule has 29 heavy (non-hydrogen) atoms. The van der Waals surface area contributed by atoms with Gasteiger partial charge in [-0.25, -0.2) is 4.79 Å². The van der Waals surface area contributed by atoms with E-state index in [2.05, 4.69) is 6.08 Å². The molecule has 0 radical (unpaired) electrons. The smallest absolute Gasteiger partial charge is 0.471 e. The Morgan fingerprint density at radius 3 is 2.31 bits per heavy atom. The van der Waals surface area contributed by atoms with Crippen LogP contribution in [0.3, 0.4) is 0 Å². The molecule has 6 atom stereocenters. The molecule has 2 saturated carbocycles. The molecule has 9 heteroatoms. The van der Waals surface area contributed by atoms with Crippen LogP contribution < -0.4 is 5.32 Å². The van der Waals surface area contributed by atoms with Crippen molar-refractivity contribution < 1.29 is 32.7 Å². The minimum Gasteiger partial charge on any atom is -0.480 e. The van der Waals surface area contributed by atoms with Crippen LogP contribution in [0, 0.1) is 35.0 Å². The van der Waals surface area contributed by atoms with Crippen LogP contribution in [-0.4, -0.2) is 52.6 Å². The Hall–Kier alpha value is -2.06. The van der Waals surface area contributed by atoms with E-state index in [1.807, 2.05) is 11.4 Å². The summed E-state index contributed by atoms with van der Waals surface area (Å²) in [6, 6.07) is -2.50. The van der Waals surface area contributed by atoms with Crippen molar-refractivity contribution in [3.63, 3.8) is 0 Å². The highest BCUT2D eigenvalue weighted by Gasteiger charge is 2.60. The summed E-state index contributed by atoms with van der Waals surface area (Å²) in [7, 11) is 0. The third-order valence-electron chi connectivity index (χ3n) is 7.49. The highest BCUT2D eigenvalue weighted by atomic mass is 19.4. The summed E-state index contributed by atoms with van der Waals surface area (Å²) in [5, 5.41) is 11.7. The Bertz CT molecular complexity index is 774. The average molecular weight is 414 g/mol. The second-order valence-corrected chi connectivity index (χ2v) is 9.46. The van der Waals surface area contributed by atoms with Gasteiger partial charge in [-0.05, 0) is 48.3 Å². The molecule has 3 fully saturated rings. The van der Waals surface area contributed by atoms with Gasteiger partial charge in [-0.2, -0.15) is 13.2 Å². The molecule has 6 nitrogen and oxygen atoms in total. The van der Waals surface area contributed by atoms with Crippen molar-refractivity contribution in [2.75, 3.05) is 6.54 Å². The van der Waals surface area contributed by atoms with E-state index in [0.717, 1.165) is 19.3 Å². The molecular weight excluding hydrogens is 389 g/mol. The maximum atomic E-state index is 13.4. The summed E-state index contributed by atoms with van der Waals surface area (Å²) in [6.45, 7) is 3.54. The van der Waals surface area contributed by atoms with E-state index < -0.39 is 41.5 Å². The first-order valence-electron chi connectivity index (χ1n) is 10.0. The van der Waals surface area contributed by atoms with Crippen LogP contribution in [-0.2, 0) is 14.4 Å². The highest BCUT2D eigenvalue weighted by molar-refractivity contribution is 5.93. The van der Waals surface area contributed by atoms with Crippen LogP contribution in [0.1, 0.15) is 33.1 Å². The van der Waals surface area contributed by atoms with Crippen LogP contribution >= 0.6 is 0 Å². The number of carboxylic acid groups (broad SMARTS) is 1. The molecule has 2 N–H and O–H groups in total. The molecule has 1 saturated heterocycles. The second kappa shape index (κ2) is 6.47. The van der Waals surface area contributed by atoms with Gasteiger partial charge in [0.1, 0.15) is 12.1 Å². The Labute approximate surface area is 166 Å². The Balaban J connectivity index is 1.63. The van der Waals surface area contributed by atoms with E-state index in [9.17, 15) is 32.7 Å². The van der Waals surface area contributed by atoms with Crippen molar-refractivity contribution in [3.8, 4) is 0 Å². The maximum absolute atomic E-state index is 13.4. The lowest BCUT2D eigenvalue weighted by molar-refractivity contribution is -0.176. The molecule has 4 rings (SSSR count). The van der Waals surface area contributed by atoms with Crippen molar-refractivity contribution in [3.05, 3.63) is 12.2 Å². The van der Waals surface area contributed by atoms with E-state index in [4.69, 9.17) is 0 Å². The molecule has 0 unspecified atom stereocenters. The van der Waals surface area contributed by atoms with Gasteiger partial charge in [-0.3, -0.25) is 9.59 Å². The van der Waals surface area contributed by atoms with Crippen LogP contribution in [0.2, 0.25) is 0 Å². The first-order valence-corrected chi connectivity index (χ1v) is 10.0. The van der Waals surface area contributed by atoms with E-state index in [-0.39, 0.29) is 36.1 Å². The number of nitrogens with one attached hydrogen (secondary N) is 1. The normalized spacial score (nSPS) is 34.2. The van der Waals surface area contributed by atoms with E-state index in [1.54, 1.807) is 13.8 Å². The summed E-state index contributed by atoms with van der Waals surface area (Å²) in [5.41, 5.74) is -0.907. The van der Waals surface area contributed by atoms with Gasteiger partial charge in [0, 0.05) is 12.5 Å². The molecule has 1 heterocycles. The Morgan fingerprint density at radius 1 is 1.14 bits per heavy atom. The monoisotopic (exact) mass is 414 g/mol. The summed E-state index contributed by atoms with van der Waals surface area (Å²) >= 11 is 0. The average Bonchev–Trinajstić information content (AvgIpc) is 3.12. The van der Waals surface area contributed by atoms with Crippen molar-refractivity contribution >= 4 is 17.8 Å². The molecule has 0 spiro atoms. The van der Waals surface area contributed by atoms with Gasteiger partial charge in [-0.1, -0.05) is 26.0 Å². The van der Waals surface area contributed by atoms with Gasteiger partial charge >= 0.3 is 18.1 Å². The number of carbonyl (C=O) groups is 3.